The largest absolute Gasteiger partial charge is 0.356 e. The van der Waals surface area contributed by atoms with Crippen LogP contribution in [0.4, 0.5) is 4.39 Å². The molecule has 6 heteroatoms. The van der Waals surface area contributed by atoms with Gasteiger partial charge in [-0.1, -0.05) is 24.3 Å². The van der Waals surface area contributed by atoms with Gasteiger partial charge in [-0.2, -0.15) is 0 Å². The van der Waals surface area contributed by atoms with Crippen molar-refractivity contribution in [1.82, 2.24) is 15.6 Å². The van der Waals surface area contributed by atoms with Crippen LogP contribution in [-0.2, 0) is 12.8 Å². The molecule has 0 radical (unpaired) electrons. The average molecular weight is 428 g/mol. The van der Waals surface area contributed by atoms with E-state index in [1.165, 1.54) is 11.6 Å². The Labute approximate surface area is 153 Å². The molecule has 0 saturated heterocycles. The minimum Gasteiger partial charge on any atom is -0.356 e. The molecule has 2 aromatic rings. The lowest BCUT2D eigenvalue weighted by atomic mass is 10.1. The third kappa shape index (κ3) is 6.94. The Morgan fingerprint density at radius 3 is 2.48 bits per heavy atom. The molecule has 1 heterocycles. The number of rotatable bonds is 6. The summed E-state index contributed by atoms with van der Waals surface area (Å²) in [6.45, 7) is 1.40. The van der Waals surface area contributed by atoms with Crippen molar-refractivity contribution in [3.63, 3.8) is 0 Å². The Bertz CT molecular complexity index is 605. The summed E-state index contributed by atoms with van der Waals surface area (Å²) in [5.41, 5.74) is 1.89. The quantitative estimate of drug-likeness (QED) is 0.423. The number of benzene rings is 1. The Morgan fingerprint density at radius 2 is 1.83 bits per heavy atom. The number of nitrogens with one attached hydrogen (secondary N) is 2. The molecular weight excluding hydrogens is 406 g/mol. The first kappa shape index (κ1) is 19.3. The lowest BCUT2D eigenvalue weighted by Gasteiger charge is -2.12. The zero-order valence-corrected chi connectivity index (χ0v) is 15.5. The number of pyridine rings is 1. The predicted octanol–water partition coefficient (Wildman–Crippen LogP) is 2.79. The molecule has 0 fully saturated rings. The maximum Gasteiger partial charge on any atom is 0.190 e. The summed E-state index contributed by atoms with van der Waals surface area (Å²) in [4.78, 5) is 8.24. The normalized spacial score (nSPS) is 10.8. The number of guanidine groups is 1. The van der Waals surface area contributed by atoms with E-state index in [2.05, 4.69) is 20.6 Å². The van der Waals surface area contributed by atoms with Crippen LogP contribution in [0.5, 0.6) is 0 Å². The van der Waals surface area contributed by atoms with Gasteiger partial charge in [-0.3, -0.25) is 9.98 Å². The second-order valence-electron chi connectivity index (χ2n) is 4.88. The smallest absolute Gasteiger partial charge is 0.190 e. The fourth-order valence-electron chi connectivity index (χ4n) is 2.11. The van der Waals surface area contributed by atoms with Gasteiger partial charge in [0.25, 0.3) is 0 Å². The SMILES string of the molecule is CN=C(NCCc1cccnc1)NCCc1ccccc1F.I. The topological polar surface area (TPSA) is 49.3 Å². The average Bonchev–Trinajstić information content (AvgIpc) is 2.56. The summed E-state index contributed by atoms with van der Waals surface area (Å²) in [6, 6.07) is 10.8. The summed E-state index contributed by atoms with van der Waals surface area (Å²) >= 11 is 0. The van der Waals surface area contributed by atoms with Crippen LogP contribution < -0.4 is 10.6 Å². The monoisotopic (exact) mass is 428 g/mol. The second kappa shape index (κ2) is 10.9. The van der Waals surface area contributed by atoms with Crippen LogP contribution in [0, 0.1) is 5.82 Å². The summed E-state index contributed by atoms with van der Waals surface area (Å²) in [5.74, 6) is 0.559. The molecule has 124 valence electrons. The van der Waals surface area contributed by atoms with Gasteiger partial charge in [-0.25, -0.2) is 4.39 Å². The van der Waals surface area contributed by atoms with E-state index in [0.717, 1.165) is 18.9 Å². The first-order valence-corrected chi connectivity index (χ1v) is 7.36. The van der Waals surface area contributed by atoms with Gasteiger partial charge in [0.1, 0.15) is 5.82 Å². The first-order valence-electron chi connectivity index (χ1n) is 7.36. The van der Waals surface area contributed by atoms with Crippen molar-refractivity contribution in [1.29, 1.82) is 0 Å². The third-order valence-electron chi connectivity index (χ3n) is 3.30. The van der Waals surface area contributed by atoms with E-state index in [0.29, 0.717) is 18.5 Å². The molecule has 1 aromatic carbocycles. The maximum absolute atomic E-state index is 13.5. The van der Waals surface area contributed by atoms with E-state index < -0.39 is 0 Å². The second-order valence-corrected chi connectivity index (χ2v) is 4.88. The van der Waals surface area contributed by atoms with Crippen molar-refractivity contribution < 1.29 is 4.39 Å². The highest BCUT2D eigenvalue weighted by atomic mass is 127. The van der Waals surface area contributed by atoms with E-state index in [9.17, 15) is 4.39 Å². The van der Waals surface area contributed by atoms with Crippen LogP contribution in [-0.4, -0.2) is 31.1 Å². The fraction of sp³-hybridized carbons (Fsp3) is 0.294. The zero-order valence-electron chi connectivity index (χ0n) is 13.1. The molecule has 0 atom stereocenters. The predicted molar refractivity (Wildman–Crippen MR) is 103 cm³/mol. The molecule has 0 aliphatic carbocycles. The lowest BCUT2D eigenvalue weighted by Crippen LogP contribution is -2.39. The van der Waals surface area contributed by atoms with Crippen molar-refractivity contribution in [2.75, 3.05) is 20.1 Å². The zero-order chi connectivity index (χ0) is 15.6. The van der Waals surface area contributed by atoms with Crippen LogP contribution in [0.15, 0.2) is 53.8 Å². The van der Waals surface area contributed by atoms with Crippen LogP contribution in [0.2, 0.25) is 0 Å². The van der Waals surface area contributed by atoms with E-state index in [4.69, 9.17) is 0 Å². The maximum atomic E-state index is 13.5. The van der Waals surface area contributed by atoms with Crippen LogP contribution in [0.3, 0.4) is 0 Å². The van der Waals surface area contributed by atoms with E-state index in [1.54, 1.807) is 25.4 Å². The number of hydrogen-bond acceptors (Lipinski definition) is 2. The minimum atomic E-state index is -0.163. The van der Waals surface area contributed by atoms with Gasteiger partial charge in [-0.05, 0) is 36.1 Å². The van der Waals surface area contributed by atoms with E-state index in [1.807, 2.05) is 24.4 Å². The van der Waals surface area contributed by atoms with Crippen molar-refractivity contribution >= 4 is 29.9 Å². The molecule has 0 spiro atoms. The van der Waals surface area contributed by atoms with E-state index >= 15 is 0 Å². The molecule has 4 nitrogen and oxygen atoms in total. The van der Waals surface area contributed by atoms with E-state index in [-0.39, 0.29) is 29.8 Å². The summed E-state index contributed by atoms with van der Waals surface area (Å²) in [6.07, 6.45) is 5.12. The number of halogens is 2. The van der Waals surface area contributed by atoms with Crippen molar-refractivity contribution in [2.24, 2.45) is 4.99 Å². The van der Waals surface area contributed by atoms with Crippen molar-refractivity contribution in [3.8, 4) is 0 Å². The summed E-state index contributed by atoms with van der Waals surface area (Å²) in [5, 5.41) is 6.42. The molecule has 0 saturated carbocycles. The standard InChI is InChI=1S/C17H21FN4.HI/c1-19-17(21-11-8-14-5-4-10-20-13-14)22-12-9-15-6-2-3-7-16(15)18;/h2-7,10,13H,8-9,11-12H2,1H3,(H2,19,21,22);1H. The number of aliphatic imine (C=N–C) groups is 1. The van der Waals surface area contributed by atoms with Gasteiger partial charge < -0.3 is 10.6 Å². The Kier molecular flexibility index (Phi) is 9.20. The molecule has 0 amide bonds. The van der Waals surface area contributed by atoms with Crippen LogP contribution in [0.1, 0.15) is 11.1 Å². The van der Waals surface area contributed by atoms with Crippen molar-refractivity contribution in [2.45, 2.75) is 12.8 Å². The Balaban J connectivity index is 0.00000264. The van der Waals surface area contributed by atoms with Crippen molar-refractivity contribution in [3.05, 3.63) is 65.7 Å². The molecule has 0 aliphatic rings. The molecule has 2 N–H and O–H groups in total. The molecular formula is C17H22FIN4. The lowest BCUT2D eigenvalue weighted by molar-refractivity contribution is 0.606. The molecule has 0 aliphatic heterocycles. The highest BCUT2D eigenvalue weighted by Crippen LogP contribution is 2.06. The van der Waals surface area contributed by atoms with Gasteiger partial charge in [-0.15, -0.1) is 24.0 Å². The number of nitrogens with zero attached hydrogens (tertiary/aromatic N) is 2. The fourth-order valence-corrected chi connectivity index (χ4v) is 2.11. The molecule has 0 unspecified atom stereocenters. The highest BCUT2D eigenvalue weighted by molar-refractivity contribution is 14.0. The van der Waals surface area contributed by atoms with Gasteiger partial charge >= 0.3 is 0 Å². The third-order valence-corrected chi connectivity index (χ3v) is 3.30. The number of aromatic nitrogens is 1. The van der Waals surface area contributed by atoms with Gasteiger partial charge in [0.05, 0.1) is 0 Å². The van der Waals surface area contributed by atoms with Gasteiger partial charge in [0, 0.05) is 32.5 Å². The summed E-state index contributed by atoms with van der Waals surface area (Å²) in [7, 11) is 1.72. The van der Waals surface area contributed by atoms with Crippen LogP contribution >= 0.6 is 24.0 Å². The van der Waals surface area contributed by atoms with Gasteiger partial charge in [0.15, 0.2) is 5.96 Å². The molecule has 0 bridgehead atoms. The minimum absolute atomic E-state index is 0. The first-order chi connectivity index (χ1) is 10.8. The molecule has 23 heavy (non-hydrogen) atoms. The van der Waals surface area contributed by atoms with Gasteiger partial charge in [0.2, 0.25) is 0 Å². The molecule has 2 rings (SSSR count). The highest BCUT2D eigenvalue weighted by Gasteiger charge is 2.02. The Morgan fingerprint density at radius 1 is 1.09 bits per heavy atom. The number of hydrogen-bond donors (Lipinski definition) is 2. The van der Waals surface area contributed by atoms with Crippen LogP contribution in [0.25, 0.3) is 0 Å². The Hall–Kier alpha value is -1.70. The summed E-state index contributed by atoms with van der Waals surface area (Å²) < 4.78 is 13.5. The molecule has 1 aromatic heterocycles.